The number of hydrogen-bond donors (Lipinski definition) is 3. The Kier molecular flexibility index (Phi) is 6.03. The van der Waals surface area contributed by atoms with Gasteiger partial charge in [-0.25, -0.2) is 4.98 Å². The van der Waals surface area contributed by atoms with Gasteiger partial charge in [0, 0.05) is 23.9 Å². The number of fused-ring (bicyclic) bond motifs is 1. The first-order chi connectivity index (χ1) is 15.0. The van der Waals surface area contributed by atoms with Crippen molar-refractivity contribution in [1.82, 2.24) is 9.97 Å². The first kappa shape index (κ1) is 20.7. The summed E-state index contributed by atoms with van der Waals surface area (Å²) in [7, 11) is 1.53. The van der Waals surface area contributed by atoms with Crippen molar-refractivity contribution in [2.75, 3.05) is 17.7 Å². The van der Waals surface area contributed by atoms with Crippen LogP contribution in [0.2, 0.25) is 0 Å². The van der Waals surface area contributed by atoms with E-state index in [1.165, 1.54) is 18.9 Å². The van der Waals surface area contributed by atoms with Crippen molar-refractivity contribution >= 4 is 35.1 Å². The lowest BCUT2D eigenvalue weighted by Gasteiger charge is -2.23. The van der Waals surface area contributed by atoms with E-state index in [9.17, 15) is 14.4 Å². The van der Waals surface area contributed by atoms with Crippen molar-refractivity contribution in [1.29, 1.82) is 0 Å². The minimum atomic E-state index is -0.945. The maximum Gasteiger partial charge on any atom is 0.257 e. The van der Waals surface area contributed by atoms with Gasteiger partial charge >= 0.3 is 0 Å². The Morgan fingerprint density at radius 2 is 2.00 bits per heavy atom. The van der Waals surface area contributed by atoms with E-state index >= 15 is 0 Å². The molecule has 31 heavy (non-hydrogen) atoms. The van der Waals surface area contributed by atoms with Crippen LogP contribution in [0.25, 0.3) is 0 Å². The third-order valence-electron chi connectivity index (χ3n) is 4.80. The fourth-order valence-corrected chi connectivity index (χ4v) is 4.12. The number of aromatic nitrogens is 2. The molecule has 0 saturated heterocycles. The van der Waals surface area contributed by atoms with Gasteiger partial charge in [0.2, 0.25) is 11.8 Å². The van der Waals surface area contributed by atoms with Gasteiger partial charge in [-0.15, -0.1) is 0 Å². The molecule has 1 aliphatic heterocycles. The maximum atomic E-state index is 12.9. The zero-order chi connectivity index (χ0) is 21.8. The summed E-state index contributed by atoms with van der Waals surface area (Å²) in [5.74, 6) is -0.451. The van der Waals surface area contributed by atoms with Crippen molar-refractivity contribution < 1.29 is 14.3 Å². The third kappa shape index (κ3) is 4.77. The molecule has 0 radical (unpaired) electrons. The quantitative estimate of drug-likeness (QED) is 0.404. The monoisotopic (exact) mass is 436 g/mol. The summed E-state index contributed by atoms with van der Waals surface area (Å²) in [5, 5.41) is 5.75. The zero-order valence-electron chi connectivity index (χ0n) is 16.7. The van der Waals surface area contributed by atoms with E-state index in [0.717, 1.165) is 5.56 Å². The molecule has 2 aromatic carbocycles. The van der Waals surface area contributed by atoms with Crippen LogP contribution in [0.4, 0.5) is 11.5 Å². The number of ether oxygens (including phenoxy) is 1. The number of carbonyl (C=O) groups is 2. The minimum Gasteiger partial charge on any atom is -0.497 e. The Morgan fingerprint density at radius 1 is 1.19 bits per heavy atom. The van der Waals surface area contributed by atoms with E-state index in [-0.39, 0.29) is 23.7 Å². The molecule has 1 aliphatic rings. The molecule has 3 N–H and O–H groups in total. The highest BCUT2D eigenvalue weighted by Crippen LogP contribution is 2.31. The van der Waals surface area contributed by atoms with Crippen LogP contribution in [0.1, 0.15) is 23.5 Å². The van der Waals surface area contributed by atoms with Gasteiger partial charge in [0.1, 0.15) is 11.6 Å². The largest absolute Gasteiger partial charge is 0.497 e. The lowest BCUT2D eigenvalue weighted by molar-refractivity contribution is -0.123. The minimum absolute atomic E-state index is 0.126. The number of carbonyl (C=O) groups excluding carboxylic acids is 2. The number of amides is 2. The topological polar surface area (TPSA) is 113 Å². The molecule has 0 fully saturated rings. The zero-order valence-corrected chi connectivity index (χ0v) is 17.5. The molecule has 158 valence electrons. The second kappa shape index (κ2) is 9.05. The Hall–Kier alpha value is -3.59. The summed E-state index contributed by atoms with van der Waals surface area (Å²) in [6.45, 7) is 0. The molecule has 0 saturated carbocycles. The van der Waals surface area contributed by atoms with Gasteiger partial charge in [-0.05, 0) is 17.7 Å². The van der Waals surface area contributed by atoms with Crippen LogP contribution in [0.5, 0.6) is 5.75 Å². The van der Waals surface area contributed by atoms with Gasteiger partial charge in [-0.1, -0.05) is 48.2 Å². The van der Waals surface area contributed by atoms with Crippen LogP contribution in [0.3, 0.4) is 0 Å². The summed E-state index contributed by atoms with van der Waals surface area (Å²) in [4.78, 5) is 45.1. The second-order valence-corrected chi connectivity index (χ2v) is 7.90. The molecule has 4 rings (SSSR count). The van der Waals surface area contributed by atoms with E-state index in [4.69, 9.17) is 4.74 Å². The van der Waals surface area contributed by atoms with Gasteiger partial charge < -0.3 is 20.4 Å². The Labute approximate surface area is 182 Å². The van der Waals surface area contributed by atoms with Crippen LogP contribution in [-0.4, -0.2) is 28.9 Å². The molecule has 0 bridgehead atoms. The predicted molar refractivity (Wildman–Crippen MR) is 118 cm³/mol. The number of anilines is 2. The number of rotatable bonds is 6. The number of methoxy groups -OCH3 is 1. The van der Waals surface area contributed by atoms with Crippen LogP contribution in [-0.2, 0) is 15.3 Å². The molecule has 1 atom stereocenters. The number of thioether (sulfide) groups is 1. The predicted octanol–water partition coefficient (Wildman–Crippen LogP) is 3.14. The van der Waals surface area contributed by atoms with Crippen molar-refractivity contribution in [2.24, 2.45) is 0 Å². The molecule has 2 heterocycles. The molecule has 1 aromatic heterocycles. The average molecular weight is 436 g/mol. The summed E-state index contributed by atoms with van der Waals surface area (Å²) >= 11 is 1.35. The molecule has 1 unspecified atom stereocenters. The maximum absolute atomic E-state index is 12.9. The first-order valence-corrected chi connectivity index (χ1v) is 10.6. The highest BCUT2D eigenvalue weighted by atomic mass is 32.2. The highest BCUT2D eigenvalue weighted by molar-refractivity contribution is 7.98. The van der Waals surface area contributed by atoms with Gasteiger partial charge in [-0.3, -0.25) is 14.4 Å². The van der Waals surface area contributed by atoms with E-state index in [1.807, 2.05) is 30.3 Å². The van der Waals surface area contributed by atoms with Gasteiger partial charge in [0.15, 0.2) is 5.16 Å². The second-order valence-electron chi connectivity index (χ2n) is 6.93. The lowest BCUT2D eigenvalue weighted by Crippen LogP contribution is -2.36. The third-order valence-corrected chi connectivity index (χ3v) is 5.75. The van der Waals surface area contributed by atoms with Gasteiger partial charge in [-0.2, -0.15) is 0 Å². The van der Waals surface area contributed by atoms with Crippen molar-refractivity contribution in [3.8, 4) is 5.75 Å². The number of nitrogens with zero attached hydrogens (tertiary/aromatic N) is 1. The molecular formula is C22H20N4O4S. The fourth-order valence-electron chi connectivity index (χ4n) is 3.30. The van der Waals surface area contributed by atoms with Crippen molar-refractivity contribution in [3.63, 3.8) is 0 Å². The van der Waals surface area contributed by atoms with Crippen molar-refractivity contribution in [3.05, 3.63) is 76.1 Å². The molecule has 3 aromatic rings. The fraction of sp³-hybridized carbons (Fsp3) is 0.182. The summed E-state index contributed by atoms with van der Waals surface area (Å²) in [6, 6.07) is 16.6. The van der Waals surface area contributed by atoms with Crippen LogP contribution in [0, 0.1) is 0 Å². The normalized spacial score (nSPS) is 15.0. The Morgan fingerprint density at radius 3 is 2.77 bits per heavy atom. The summed E-state index contributed by atoms with van der Waals surface area (Å²) < 4.78 is 5.16. The van der Waals surface area contributed by atoms with Crippen molar-refractivity contribution in [2.45, 2.75) is 23.2 Å². The lowest BCUT2D eigenvalue weighted by atomic mass is 9.92. The van der Waals surface area contributed by atoms with Crippen LogP contribution >= 0.6 is 11.8 Å². The molecule has 0 aliphatic carbocycles. The van der Waals surface area contributed by atoms with E-state index in [1.54, 1.807) is 24.3 Å². The Balaban J connectivity index is 1.57. The molecule has 9 heteroatoms. The number of benzene rings is 2. The van der Waals surface area contributed by atoms with Crippen LogP contribution < -0.4 is 20.9 Å². The van der Waals surface area contributed by atoms with E-state index in [2.05, 4.69) is 20.6 Å². The number of aromatic amines is 1. The molecule has 8 nitrogen and oxygen atoms in total. The molecular weight excluding hydrogens is 416 g/mol. The number of H-pyrrole nitrogens is 1. The van der Waals surface area contributed by atoms with Gasteiger partial charge in [0.05, 0.1) is 18.6 Å². The average Bonchev–Trinajstić information content (AvgIpc) is 2.77. The highest BCUT2D eigenvalue weighted by Gasteiger charge is 2.34. The summed E-state index contributed by atoms with van der Waals surface area (Å²) in [6.07, 6.45) is -0.135. The van der Waals surface area contributed by atoms with Crippen LogP contribution in [0.15, 0.2) is 64.5 Å². The first-order valence-electron chi connectivity index (χ1n) is 9.59. The number of hydrogen-bond acceptors (Lipinski definition) is 6. The SMILES string of the molecule is COc1cccc(NC(=O)C2CC(=O)Nc3nc(SCc4ccccc4)[nH]c(=O)c32)c1. The Bertz CT molecular complexity index is 1180. The van der Waals surface area contributed by atoms with Gasteiger partial charge in [0.25, 0.3) is 5.56 Å². The van der Waals surface area contributed by atoms with E-state index in [0.29, 0.717) is 22.3 Å². The standard InChI is InChI=1S/C22H20N4O4S/c1-30-15-9-5-8-14(10-15)23-20(28)16-11-17(27)24-19-18(16)21(29)26-22(25-19)31-12-13-6-3-2-4-7-13/h2-10,16H,11-12H2,1H3,(H,23,28)(H2,24,25,26,27,29). The smallest absolute Gasteiger partial charge is 0.257 e. The number of nitrogens with one attached hydrogen (secondary N) is 3. The molecule has 2 amide bonds. The molecule has 0 spiro atoms. The summed E-state index contributed by atoms with van der Waals surface area (Å²) in [5.41, 5.74) is 1.30. The van der Waals surface area contributed by atoms with E-state index < -0.39 is 17.4 Å².